The van der Waals surface area contributed by atoms with Gasteiger partial charge in [-0.15, -0.1) is 0 Å². The third kappa shape index (κ3) is 3.53. The van der Waals surface area contributed by atoms with Gasteiger partial charge in [0.25, 0.3) is 0 Å². The van der Waals surface area contributed by atoms with Crippen LogP contribution in [0.1, 0.15) is 29.5 Å². The lowest BCUT2D eigenvalue weighted by molar-refractivity contribution is 0.0104. The molecule has 94 valence electrons. The van der Waals surface area contributed by atoms with E-state index in [1.807, 2.05) is 0 Å². The Bertz CT molecular complexity index is 359. The number of aryl methyl sites for hydroxylation is 1. The van der Waals surface area contributed by atoms with Crippen LogP contribution >= 0.6 is 0 Å². The van der Waals surface area contributed by atoms with Crippen LogP contribution in [0.3, 0.4) is 0 Å². The van der Waals surface area contributed by atoms with Gasteiger partial charge < -0.3 is 15.2 Å². The van der Waals surface area contributed by atoms with Crippen molar-refractivity contribution in [2.75, 3.05) is 13.2 Å². The van der Waals surface area contributed by atoms with Gasteiger partial charge >= 0.3 is 0 Å². The van der Waals surface area contributed by atoms with Crippen LogP contribution in [0.5, 0.6) is 0 Å². The maximum Gasteiger partial charge on any atom is 0.0809 e. The predicted octanol–water partition coefficient (Wildman–Crippen LogP) is 2.15. The van der Waals surface area contributed by atoms with Crippen LogP contribution in [-0.2, 0) is 22.6 Å². The van der Waals surface area contributed by atoms with E-state index < -0.39 is 0 Å². The Morgan fingerprint density at radius 2 is 2.35 bits per heavy atom. The summed E-state index contributed by atoms with van der Waals surface area (Å²) in [7, 11) is 0. The molecule has 0 saturated carbocycles. The molecule has 1 aliphatic heterocycles. The normalized spacial score (nSPS) is 19.8. The van der Waals surface area contributed by atoms with Crippen molar-refractivity contribution in [1.82, 2.24) is 0 Å². The van der Waals surface area contributed by atoms with Crippen molar-refractivity contribution in [3.8, 4) is 0 Å². The zero-order valence-electron chi connectivity index (χ0n) is 10.4. The highest BCUT2D eigenvalue weighted by Gasteiger charge is 2.15. The smallest absolute Gasteiger partial charge is 0.0809 e. The second-order valence-electron chi connectivity index (χ2n) is 4.62. The number of benzene rings is 1. The maximum absolute atomic E-state index is 5.70. The minimum Gasteiger partial charge on any atom is -0.376 e. The van der Waals surface area contributed by atoms with Gasteiger partial charge in [0.05, 0.1) is 19.3 Å². The third-order valence-corrected chi connectivity index (χ3v) is 3.23. The van der Waals surface area contributed by atoms with Gasteiger partial charge in [-0.2, -0.15) is 0 Å². The van der Waals surface area contributed by atoms with Crippen LogP contribution in [0.4, 0.5) is 0 Å². The van der Waals surface area contributed by atoms with Gasteiger partial charge in [0.1, 0.15) is 0 Å². The molecule has 2 N–H and O–H groups in total. The Kier molecular flexibility index (Phi) is 4.54. The highest BCUT2D eigenvalue weighted by molar-refractivity contribution is 5.30. The van der Waals surface area contributed by atoms with Crippen molar-refractivity contribution in [3.05, 3.63) is 34.9 Å². The molecule has 1 heterocycles. The number of ether oxygens (including phenoxy) is 2. The van der Waals surface area contributed by atoms with E-state index in [4.69, 9.17) is 15.2 Å². The summed E-state index contributed by atoms with van der Waals surface area (Å²) in [5.74, 6) is 0. The minimum atomic E-state index is 0.304. The molecule has 0 spiro atoms. The first kappa shape index (κ1) is 12.6. The highest BCUT2D eigenvalue weighted by Crippen LogP contribution is 2.15. The molecule has 17 heavy (non-hydrogen) atoms. The van der Waals surface area contributed by atoms with Crippen LogP contribution in [0.25, 0.3) is 0 Å². The van der Waals surface area contributed by atoms with Crippen molar-refractivity contribution in [2.45, 2.75) is 39.0 Å². The third-order valence-electron chi connectivity index (χ3n) is 3.23. The van der Waals surface area contributed by atoms with E-state index in [1.165, 1.54) is 16.7 Å². The van der Waals surface area contributed by atoms with Gasteiger partial charge in [-0.05, 0) is 36.5 Å². The first-order chi connectivity index (χ1) is 8.29. The molecular formula is C14H21NO2. The van der Waals surface area contributed by atoms with E-state index in [0.29, 0.717) is 25.9 Å². The molecule has 1 unspecified atom stereocenters. The summed E-state index contributed by atoms with van der Waals surface area (Å²) in [6.45, 7) is 4.95. The Morgan fingerprint density at radius 3 is 3.00 bits per heavy atom. The molecule has 3 heteroatoms. The Labute approximate surface area is 103 Å². The van der Waals surface area contributed by atoms with E-state index in [9.17, 15) is 0 Å². The second-order valence-corrected chi connectivity index (χ2v) is 4.62. The van der Waals surface area contributed by atoms with Crippen molar-refractivity contribution in [1.29, 1.82) is 0 Å². The molecule has 0 amide bonds. The summed E-state index contributed by atoms with van der Waals surface area (Å²) in [6.07, 6.45) is 2.60. The molecule has 1 atom stereocenters. The fourth-order valence-corrected chi connectivity index (χ4v) is 2.12. The molecule has 2 rings (SSSR count). The lowest BCUT2D eigenvalue weighted by Crippen LogP contribution is -2.14. The molecule has 0 aromatic heterocycles. The lowest BCUT2D eigenvalue weighted by atomic mass is 10.1. The second kappa shape index (κ2) is 6.15. The van der Waals surface area contributed by atoms with E-state index >= 15 is 0 Å². The summed E-state index contributed by atoms with van der Waals surface area (Å²) in [6, 6.07) is 6.30. The number of nitrogens with two attached hydrogens (primary N) is 1. The number of hydrogen-bond donors (Lipinski definition) is 1. The lowest BCUT2D eigenvalue weighted by Gasteiger charge is -2.12. The van der Waals surface area contributed by atoms with E-state index in [2.05, 4.69) is 25.1 Å². The van der Waals surface area contributed by atoms with E-state index in [-0.39, 0.29) is 0 Å². The average Bonchev–Trinajstić information content (AvgIpc) is 2.84. The molecule has 0 aliphatic carbocycles. The summed E-state index contributed by atoms with van der Waals surface area (Å²) in [4.78, 5) is 0. The van der Waals surface area contributed by atoms with Crippen LogP contribution < -0.4 is 5.73 Å². The molecule has 1 aromatic rings. The van der Waals surface area contributed by atoms with Crippen LogP contribution in [0.15, 0.2) is 18.2 Å². The number of hydrogen-bond acceptors (Lipinski definition) is 3. The predicted molar refractivity (Wildman–Crippen MR) is 67.7 cm³/mol. The standard InChI is InChI=1S/C14H21NO2/c1-11-7-12(8-15)4-5-13(11)9-16-10-14-3-2-6-17-14/h4-5,7,14H,2-3,6,8-10,15H2,1H3. The monoisotopic (exact) mass is 235 g/mol. The molecule has 1 aliphatic rings. The van der Waals surface area contributed by atoms with Gasteiger partial charge in [0.2, 0.25) is 0 Å². The zero-order chi connectivity index (χ0) is 12.1. The number of rotatable bonds is 5. The van der Waals surface area contributed by atoms with Crippen molar-refractivity contribution in [2.24, 2.45) is 5.73 Å². The molecular weight excluding hydrogens is 214 g/mol. The molecule has 1 fully saturated rings. The summed E-state index contributed by atoms with van der Waals surface area (Å²) in [5.41, 5.74) is 9.26. The first-order valence-corrected chi connectivity index (χ1v) is 6.27. The van der Waals surface area contributed by atoms with Gasteiger partial charge in [-0.25, -0.2) is 0 Å². The summed E-state index contributed by atoms with van der Waals surface area (Å²) in [5, 5.41) is 0. The largest absolute Gasteiger partial charge is 0.376 e. The minimum absolute atomic E-state index is 0.304. The molecule has 1 saturated heterocycles. The van der Waals surface area contributed by atoms with Crippen molar-refractivity contribution < 1.29 is 9.47 Å². The molecule has 3 nitrogen and oxygen atoms in total. The van der Waals surface area contributed by atoms with Gasteiger partial charge in [0, 0.05) is 13.2 Å². The Hall–Kier alpha value is -0.900. The van der Waals surface area contributed by atoms with E-state index in [1.54, 1.807) is 0 Å². The summed E-state index contributed by atoms with van der Waals surface area (Å²) >= 11 is 0. The van der Waals surface area contributed by atoms with Crippen LogP contribution in [0, 0.1) is 6.92 Å². The first-order valence-electron chi connectivity index (χ1n) is 6.27. The van der Waals surface area contributed by atoms with Crippen molar-refractivity contribution in [3.63, 3.8) is 0 Å². The quantitative estimate of drug-likeness (QED) is 0.850. The molecule has 0 radical (unpaired) electrons. The fourth-order valence-electron chi connectivity index (χ4n) is 2.12. The Balaban J connectivity index is 1.81. The van der Waals surface area contributed by atoms with Crippen LogP contribution in [0.2, 0.25) is 0 Å². The highest BCUT2D eigenvalue weighted by atomic mass is 16.5. The maximum atomic E-state index is 5.70. The summed E-state index contributed by atoms with van der Waals surface area (Å²) < 4.78 is 11.2. The zero-order valence-corrected chi connectivity index (χ0v) is 10.4. The van der Waals surface area contributed by atoms with Gasteiger partial charge in [0.15, 0.2) is 0 Å². The topological polar surface area (TPSA) is 44.5 Å². The molecule has 1 aromatic carbocycles. The fraction of sp³-hybridized carbons (Fsp3) is 0.571. The van der Waals surface area contributed by atoms with Crippen molar-refractivity contribution >= 4 is 0 Å². The van der Waals surface area contributed by atoms with E-state index in [0.717, 1.165) is 19.4 Å². The van der Waals surface area contributed by atoms with Gasteiger partial charge in [-0.3, -0.25) is 0 Å². The van der Waals surface area contributed by atoms with Gasteiger partial charge in [-0.1, -0.05) is 18.2 Å². The SMILES string of the molecule is Cc1cc(CN)ccc1COCC1CCCO1. The molecule has 0 bridgehead atoms. The average molecular weight is 235 g/mol. The van der Waals surface area contributed by atoms with Crippen LogP contribution in [-0.4, -0.2) is 19.3 Å². The Morgan fingerprint density at radius 1 is 1.47 bits per heavy atom.